The highest BCUT2D eigenvalue weighted by Gasteiger charge is 2.40. The molecular weight excluding hydrogens is 430 g/mol. The molecule has 0 aliphatic carbocycles. The van der Waals surface area contributed by atoms with E-state index in [9.17, 15) is 13.2 Å². The van der Waals surface area contributed by atoms with E-state index >= 15 is 0 Å². The van der Waals surface area contributed by atoms with Gasteiger partial charge in [-0.25, -0.2) is 8.42 Å². The van der Waals surface area contributed by atoms with Crippen molar-refractivity contribution in [2.75, 3.05) is 17.7 Å². The van der Waals surface area contributed by atoms with Gasteiger partial charge in [-0.1, -0.05) is 12.1 Å². The first-order chi connectivity index (χ1) is 15.0. The van der Waals surface area contributed by atoms with Crippen LogP contribution in [0, 0.1) is 10.8 Å². The predicted molar refractivity (Wildman–Crippen MR) is 124 cm³/mol. The first kappa shape index (κ1) is 23.4. The summed E-state index contributed by atoms with van der Waals surface area (Å²) in [6.07, 6.45) is 8.45. The molecular formula is C22H27N5O4S. The second-order valence-electron chi connectivity index (χ2n) is 8.16. The highest BCUT2D eigenvalue weighted by molar-refractivity contribution is 7.93. The highest BCUT2D eigenvalue weighted by Crippen LogP contribution is 2.32. The number of dihydropyridines is 1. The van der Waals surface area contributed by atoms with Crippen LogP contribution in [0.5, 0.6) is 0 Å². The Bertz CT molecular complexity index is 1150. The van der Waals surface area contributed by atoms with Crippen LogP contribution in [0.1, 0.15) is 30.9 Å². The zero-order chi connectivity index (χ0) is 23.5. The van der Waals surface area contributed by atoms with Gasteiger partial charge in [-0.2, -0.15) is 0 Å². The summed E-state index contributed by atoms with van der Waals surface area (Å²) < 4.78 is 29.9. The number of allylic oxidation sites excluding steroid dienone is 3. The third-order valence-electron chi connectivity index (χ3n) is 5.54. The molecule has 2 aliphatic rings. The first-order valence-electron chi connectivity index (χ1n) is 10.00. The van der Waals surface area contributed by atoms with Crippen molar-refractivity contribution in [3.63, 3.8) is 0 Å². The standard InChI is InChI=1S/C22H27N5O4S/c1-22(2,21(24)25)32(29,30)13-15-12-31-11-14-6-7-17(9-18(14)15)27-20(28)19(23)10-16-5-3-4-8-26-16/h3-10,15,23,26H,11-13H2,1-2H3,(H3,24,25)(H,27,28)/b16-10-,23-19?. The number of ether oxygens (including phenoxy) is 1. The molecule has 32 heavy (non-hydrogen) atoms. The van der Waals surface area contributed by atoms with E-state index < -0.39 is 32.2 Å². The fraction of sp³-hybridized carbons (Fsp3) is 0.318. The van der Waals surface area contributed by atoms with Gasteiger partial charge in [0.15, 0.2) is 9.84 Å². The molecule has 0 saturated carbocycles. The number of fused-ring (bicyclic) bond motifs is 1. The number of anilines is 1. The second-order valence-corrected chi connectivity index (χ2v) is 10.7. The van der Waals surface area contributed by atoms with Crippen LogP contribution >= 0.6 is 0 Å². The van der Waals surface area contributed by atoms with Crippen LogP contribution in [0.2, 0.25) is 0 Å². The van der Waals surface area contributed by atoms with Gasteiger partial charge in [0.2, 0.25) is 0 Å². The van der Waals surface area contributed by atoms with Crippen molar-refractivity contribution in [2.24, 2.45) is 5.73 Å². The number of amides is 1. The quantitative estimate of drug-likeness (QED) is 0.311. The monoisotopic (exact) mass is 457 g/mol. The lowest BCUT2D eigenvalue weighted by molar-refractivity contribution is -0.110. The molecule has 0 radical (unpaired) electrons. The van der Waals surface area contributed by atoms with Crippen molar-refractivity contribution in [2.45, 2.75) is 31.1 Å². The van der Waals surface area contributed by atoms with E-state index in [1.54, 1.807) is 42.6 Å². The minimum atomic E-state index is -3.74. The Hall–Kier alpha value is -3.24. The van der Waals surface area contributed by atoms with Crippen LogP contribution in [0.4, 0.5) is 5.69 Å². The van der Waals surface area contributed by atoms with Crippen LogP contribution in [0.3, 0.4) is 0 Å². The van der Waals surface area contributed by atoms with E-state index in [0.717, 1.165) is 11.1 Å². The number of nitrogens with one attached hydrogen (secondary N) is 4. The number of amidine groups is 1. The minimum Gasteiger partial charge on any atom is -0.386 e. The Labute approximate surface area is 187 Å². The van der Waals surface area contributed by atoms with E-state index in [-0.39, 0.29) is 18.1 Å². The highest BCUT2D eigenvalue weighted by atomic mass is 32.2. The zero-order valence-corrected chi connectivity index (χ0v) is 18.8. The van der Waals surface area contributed by atoms with Crippen molar-refractivity contribution in [1.29, 1.82) is 10.8 Å². The number of hydrogen-bond donors (Lipinski definition) is 5. The summed E-state index contributed by atoms with van der Waals surface area (Å²) in [5, 5.41) is 21.3. The molecule has 9 nitrogen and oxygen atoms in total. The molecule has 2 heterocycles. The summed E-state index contributed by atoms with van der Waals surface area (Å²) in [6.45, 7) is 3.37. The summed E-state index contributed by atoms with van der Waals surface area (Å²) in [7, 11) is -3.74. The second kappa shape index (κ2) is 9.09. The third-order valence-corrected chi connectivity index (χ3v) is 8.16. The zero-order valence-electron chi connectivity index (χ0n) is 17.9. The van der Waals surface area contributed by atoms with E-state index in [1.807, 2.05) is 0 Å². The number of nitrogens with two attached hydrogens (primary N) is 1. The van der Waals surface area contributed by atoms with E-state index in [2.05, 4.69) is 10.6 Å². The number of hydrogen-bond acceptors (Lipinski definition) is 7. The van der Waals surface area contributed by atoms with Gasteiger partial charge in [0.05, 0.1) is 19.0 Å². The smallest absolute Gasteiger partial charge is 0.273 e. The average Bonchev–Trinajstić information content (AvgIpc) is 2.74. The van der Waals surface area contributed by atoms with Gasteiger partial charge in [0, 0.05) is 23.5 Å². The van der Waals surface area contributed by atoms with Gasteiger partial charge in [0.25, 0.3) is 5.91 Å². The topological polar surface area (TPSA) is 158 Å². The number of benzene rings is 1. The van der Waals surface area contributed by atoms with Crippen LogP contribution in [-0.4, -0.2) is 43.0 Å². The fourth-order valence-corrected chi connectivity index (χ4v) is 4.84. The Morgan fingerprint density at radius 3 is 2.75 bits per heavy atom. The van der Waals surface area contributed by atoms with Gasteiger partial charge in [-0.05, 0) is 55.3 Å². The Kier molecular flexibility index (Phi) is 6.65. The molecule has 1 aromatic carbocycles. The average molecular weight is 458 g/mol. The van der Waals surface area contributed by atoms with Gasteiger partial charge >= 0.3 is 0 Å². The minimum absolute atomic E-state index is 0.199. The maximum absolute atomic E-state index is 12.9. The SMILES string of the molecule is CC(C)(C(=N)N)S(=O)(=O)CC1COCc2ccc(NC(=O)C(=N)/C=C3/C=CC=CN3)cc21. The third kappa shape index (κ3) is 4.97. The Morgan fingerprint density at radius 2 is 2.09 bits per heavy atom. The van der Waals surface area contributed by atoms with Crippen molar-refractivity contribution in [1.82, 2.24) is 5.32 Å². The van der Waals surface area contributed by atoms with Gasteiger partial charge in [-0.3, -0.25) is 15.6 Å². The summed E-state index contributed by atoms with van der Waals surface area (Å²) in [4.78, 5) is 12.5. The molecule has 0 bridgehead atoms. The predicted octanol–water partition coefficient (Wildman–Crippen LogP) is 1.95. The Balaban J connectivity index is 1.79. The van der Waals surface area contributed by atoms with Crippen LogP contribution < -0.4 is 16.4 Å². The lowest BCUT2D eigenvalue weighted by Gasteiger charge is -2.30. The molecule has 1 atom stereocenters. The van der Waals surface area contributed by atoms with Crippen molar-refractivity contribution >= 4 is 33.0 Å². The molecule has 10 heteroatoms. The molecule has 1 aromatic rings. The molecule has 1 amide bonds. The Morgan fingerprint density at radius 1 is 1.34 bits per heavy atom. The molecule has 2 aliphatic heterocycles. The summed E-state index contributed by atoms with van der Waals surface area (Å²) in [5.41, 5.74) is 7.95. The van der Waals surface area contributed by atoms with Crippen LogP contribution in [0.25, 0.3) is 0 Å². The number of sulfone groups is 1. The van der Waals surface area contributed by atoms with E-state index in [1.165, 1.54) is 19.9 Å². The molecule has 0 saturated heterocycles. The van der Waals surface area contributed by atoms with Crippen molar-refractivity contribution in [3.8, 4) is 0 Å². The first-order valence-corrected chi connectivity index (χ1v) is 11.7. The summed E-state index contributed by atoms with van der Waals surface area (Å²) in [6, 6.07) is 5.19. The number of carbonyl (C=O) groups excluding carboxylic acids is 1. The van der Waals surface area contributed by atoms with Crippen LogP contribution in [-0.2, 0) is 26.0 Å². The maximum Gasteiger partial charge on any atom is 0.273 e. The molecule has 6 N–H and O–H groups in total. The van der Waals surface area contributed by atoms with E-state index in [0.29, 0.717) is 18.0 Å². The molecule has 0 aromatic heterocycles. The molecule has 0 spiro atoms. The summed E-state index contributed by atoms with van der Waals surface area (Å²) in [5.74, 6) is -1.71. The van der Waals surface area contributed by atoms with Gasteiger partial charge in [-0.15, -0.1) is 0 Å². The van der Waals surface area contributed by atoms with Crippen molar-refractivity contribution < 1.29 is 17.9 Å². The van der Waals surface area contributed by atoms with E-state index in [4.69, 9.17) is 21.3 Å². The maximum atomic E-state index is 12.9. The molecule has 1 unspecified atom stereocenters. The largest absolute Gasteiger partial charge is 0.386 e. The molecule has 0 fully saturated rings. The molecule has 3 rings (SSSR count). The number of carbonyl (C=O) groups is 1. The molecule has 170 valence electrons. The lowest BCUT2D eigenvalue weighted by atomic mass is 9.94. The normalized spacial score (nSPS) is 19.2. The lowest BCUT2D eigenvalue weighted by Crippen LogP contribution is -2.47. The van der Waals surface area contributed by atoms with Gasteiger partial charge in [0.1, 0.15) is 16.3 Å². The van der Waals surface area contributed by atoms with Crippen LogP contribution in [0.15, 0.2) is 54.4 Å². The fourth-order valence-electron chi connectivity index (χ4n) is 3.28. The van der Waals surface area contributed by atoms with Gasteiger partial charge < -0.3 is 21.1 Å². The van der Waals surface area contributed by atoms with Crippen molar-refractivity contribution in [3.05, 3.63) is 65.5 Å². The number of rotatable bonds is 7. The summed E-state index contributed by atoms with van der Waals surface area (Å²) >= 11 is 0.